The Bertz CT molecular complexity index is 870. The minimum Gasteiger partial charge on any atom is -0.264 e. The maximum atomic E-state index is 2.70. The standard InChI is InChI=1S/C23H28N4S/c1-17-4-2-6-19(10-17)28-20-8-9-21-18(11-20)5-3-7-22(21)23-26-13-24-12-25(15-26)16-27(23)14-24/h2,4,6,8-11,22-23H,3,5,7,12-16H2,1H3. The summed E-state index contributed by atoms with van der Waals surface area (Å²) in [5.74, 6) is 0.657. The van der Waals surface area contributed by atoms with Gasteiger partial charge in [0.15, 0.2) is 0 Å². The zero-order valence-corrected chi connectivity index (χ0v) is 17.4. The molecule has 1 atom stereocenters. The Labute approximate surface area is 172 Å². The molecule has 0 radical (unpaired) electrons. The van der Waals surface area contributed by atoms with Crippen molar-refractivity contribution in [1.82, 2.24) is 19.6 Å². The average molecular weight is 393 g/mol. The highest BCUT2D eigenvalue weighted by Gasteiger charge is 2.47. The molecule has 4 fully saturated rings. The lowest BCUT2D eigenvalue weighted by Gasteiger charge is -2.62. The highest BCUT2D eigenvalue weighted by atomic mass is 32.2. The van der Waals surface area contributed by atoms with Gasteiger partial charge in [0.2, 0.25) is 0 Å². The van der Waals surface area contributed by atoms with E-state index in [4.69, 9.17) is 0 Å². The largest absolute Gasteiger partial charge is 0.264 e. The second-order valence-electron chi connectivity index (χ2n) is 8.92. The van der Waals surface area contributed by atoms with Crippen molar-refractivity contribution in [3.63, 3.8) is 0 Å². The zero-order valence-electron chi connectivity index (χ0n) is 16.6. The van der Waals surface area contributed by atoms with E-state index in [2.05, 4.69) is 69.0 Å². The van der Waals surface area contributed by atoms with Crippen molar-refractivity contribution in [2.75, 3.05) is 33.3 Å². The van der Waals surface area contributed by atoms with Gasteiger partial charge in [-0.3, -0.25) is 19.6 Å². The SMILES string of the molecule is Cc1cccc(Sc2ccc3c(c2)CCCC3C2N3CN4CN(C3)CN2C4)c1. The van der Waals surface area contributed by atoms with E-state index in [1.807, 2.05) is 11.8 Å². The van der Waals surface area contributed by atoms with Gasteiger partial charge in [-0.25, -0.2) is 0 Å². The highest BCUT2D eigenvalue weighted by Crippen LogP contribution is 2.42. The van der Waals surface area contributed by atoms with Gasteiger partial charge in [-0.15, -0.1) is 0 Å². The van der Waals surface area contributed by atoms with Crippen LogP contribution in [0.2, 0.25) is 0 Å². The molecule has 5 heteroatoms. The van der Waals surface area contributed by atoms with E-state index in [0.717, 1.165) is 33.3 Å². The maximum Gasteiger partial charge on any atom is 0.0736 e. The van der Waals surface area contributed by atoms with E-state index in [9.17, 15) is 0 Å². The first-order valence-corrected chi connectivity index (χ1v) is 11.3. The Morgan fingerprint density at radius 3 is 2.36 bits per heavy atom. The van der Waals surface area contributed by atoms with Crippen LogP contribution in [-0.2, 0) is 6.42 Å². The predicted octanol–water partition coefficient (Wildman–Crippen LogP) is 3.93. The Balaban J connectivity index is 1.28. The number of aryl methyl sites for hydroxylation is 2. The van der Waals surface area contributed by atoms with Crippen molar-refractivity contribution >= 4 is 11.8 Å². The fourth-order valence-corrected chi connectivity index (χ4v) is 6.76. The predicted molar refractivity (Wildman–Crippen MR) is 113 cm³/mol. The maximum absolute atomic E-state index is 2.70. The summed E-state index contributed by atoms with van der Waals surface area (Å²) in [4.78, 5) is 13.3. The van der Waals surface area contributed by atoms with Crippen molar-refractivity contribution in [2.45, 2.75) is 48.1 Å². The van der Waals surface area contributed by atoms with Crippen LogP contribution in [0.4, 0.5) is 0 Å². The van der Waals surface area contributed by atoms with Crippen molar-refractivity contribution in [3.8, 4) is 0 Å². The van der Waals surface area contributed by atoms with E-state index in [-0.39, 0.29) is 0 Å². The lowest BCUT2D eigenvalue weighted by Crippen LogP contribution is -2.76. The summed E-state index contributed by atoms with van der Waals surface area (Å²) < 4.78 is 0. The van der Waals surface area contributed by atoms with Gasteiger partial charge in [0.25, 0.3) is 0 Å². The van der Waals surface area contributed by atoms with E-state index in [0.29, 0.717) is 12.1 Å². The Morgan fingerprint density at radius 2 is 1.61 bits per heavy atom. The minimum atomic E-state index is 0.585. The third-order valence-electron chi connectivity index (χ3n) is 6.74. The monoisotopic (exact) mass is 392 g/mol. The quantitative estimate of drug-likeness (QED) is 0.783. The van der Waals surface area contributed by atoms with E-state index < -0.39 is 0 Å². The molecule has 4 aliphatic heterocycles. The van der Waals surface area contributed by atoms with Crippen molar-refractivity contribution in [3.05, 3.63) is 59.2 Å². The molecule has 2 aromatic rings. The Hall–Kier alpha value is -1.37. The van der Waals surface area contributed by atoms with Crippen LogP contribution in [0.25, 0.3) is 0 Å². The van der Waals surface area contributed by atoms with Crippen LogP contribution in [0, 0.1) is 6.92 Å². The summed E-state index contributed by atoms with van der Waals surface area (Å²) in [6.07, 6.45) is 4.47. The van der Waals surface area contributed by atoms with Crippen LogP contribution in [-0.4, -0.2) is 59.1 Å². The normalized spacial score (nSPS) is 35.8. The van der Waals surface area contributed by atoms with Crippen LogP contribution in [0.5, 0.6) is 0 Å². The summed E-state index contributed by atoms with van der Waals surface area (Å²) in [7, 11) is 0. The fraction of sp³-hybridized carbons (Fsp3) is 0.478. The summed E-state index contributed by atoms with van der Waals surface area (Å²) in [5.41, 5.74) is 4.53. The molecule has 4 saturated heterocycles. The number of fused-ring (bicyclic) bond motifs is 1. The van der Waals surface area contributed by atoms with Gasteiger partial charge in [0, 0.05) is 15.7 Å². The highest BCUT2D eigenvalue weighted by molar-refractivity contribution is 7.99. The smallest absolute Gasteiger partial charge is 0.0736 e. The first-order chi connectivity index (χ1) is 13.7. The van der Waals surface area contributed by atoms with E-state index in [1.54, 1.807) is 11.1 Å². The van der Waals surface area contributed by atoms with Crippen LogP contribution in [0.3, 0.4) is 0 Å². The number of benzene rings is 2. The van der Waals surface area contributed by atoms with Crippen LogP contribution >= 0.6 is 11.8 Å². The lowest BCUT2D eigenvalue weighted by molar-refractivity contribution is -0.237. The molecular weight excluding hydrogens is 364 g/mol. The molecule has 1 aliphatic carbocycles. The molecule has 4 heterocycles. The molecule has 146 valence electrons. The first kappa shape index (κ1) is 17.5. The molecule has 4 nitrogen and oxygen atoms in total. The molecule has 2 aromatic carbocycles. The zero-order chi connectivity index (χ0) is 18.7. The van der Waals surface area contributed by atoms with Crippen molar-refractivity contribution < 1.29 is 0 Å². The molecular formula is C23H28N4S. The summed E-state index contributed by atoms with van der Waals surface area (Å²) >= 11 is 1.90. The molecule has 0 aromatic heterocycles. The molecule has 0 saturated carbocycles. The Morgan fingerprint density at radius 1 is 0.857 bits per heavy atom. The first-order valence-electron chi connectivity index (χ1n) is 10.5. The van der Waals surface area contributed by atoms with Gasteiger partial charge in [0.05, 0.1) is 39.5 Å². The molecule has 0 amide bonds. The van der Waals surface area contributed by atoms with Crippen LogP contribution in [0.1, 0.15) is 35.4 Å². The number of nitrogens with zero attached hydrogens (tertiary/aromatic N) is 4. The second kappa shape index (κ2) is 6.85. The number of hydrogen-bond donors (Lipinski definition) is 0. The third kappa shape index (κ3) is 3.01. The van der Waals surface area contributed by atoms with Gasteiger partial charge < -0.3 is 0 Å². The fourth-order valence-electron chi connectivity index (χ4n) is 5.76. The second-order valence-corrected chi connectivity index (χ2v) is 10.1. The summed E-state index contributed by atoms with van der Waals surface area (Å²) in [5, 5.41) is 0. The third-order valence-corrected chi connectivity index (χ3v) is 7.71. The number of hydrogen-bond acceptors (Lipinski definition) is 5. The Kier molecular flexibility index (Phi) is 4.28. The topological polar surface area (TPSA) is 13.0 Å². The molecule has 5 aliphatic rings. The molecule has 0 spiro atoms. The summed E-state index contributed by atoms with van der Waals surface area (Å²) in [6.45, 7) is 7.90. The van der Waals surface area contributed by atoms with Crippen LogP contribution in [0.15, 0.2) is 52.3 Å². The number of rotatable bonds is 3. The van der Waals surface area contributed by atoms with Crippen molar-refractivity contribution in [1.29, 1.82) is 0 Å². The molecule has 28 heavy (non-hydrogen) atoms. The van der Waals surface area contributed by atoms with E-state index in [1.165, 1.54) is 34.6 Å². The van der Waals surface area contributed by atoms with Gasteiger partial charge >= 0.3 is 0 Å². The van der Waals surface area contributed by atoms with Crippen molar-refractivity contribution in [2.24, 2.45) is 0 Å². The van der Waals surface area contributed by atoms with Gasteiger partial charge in [-0.05, 0) is 61.6 Å². The van der Waals surface area contributed by atoms with Gasteiger partial charge in [-0.1, -0.05) is 35.5 Å². The lowest BCUT2D eigenvalue weighted by atomic mass is 9.80. The van der Waals surface area contributed by atoms with E-state index >= 15 is 0 Å². The summed E-state index contributed by atoms with van der Waals surface area (Å²) in [6, 6.07) is 16.1. The van der Waals surface area contributed by atoms with Crippen LogP contribution < -0.4 is 0 Å². The minimum absolute atomic E-state index is 0.585. The molecule has 7 rings (SSSR count). The average Bonchev–Trinajstić information content (AvgIpc) is 2.67. The van der Waals surface area contributed by atoms with Gasteiger partial charge in [-0.2, -0.15) is 0 Å². The molecule has 4 bridgehead atoms. The molecule has 1 unspecified atom stereocenters. The molecule has 0 N–H and O–H groups in total. The van der Waals surface area contributed by atoms with Gasteiger partial charge in [0.1, 0.15) is 0 Å².